The molecule has 1 atom stereocenters. The monoisotopic (exact) mass is 187 g/mol. The quantitative estimate of drug-likeness (QED) is 0.661. The van der Waals surface area contributed by atoms with Crippen LogP contribution in [-0.4, -0.2) is 46.7 Å². The molecule has 70 valence electrons. The van der Waals surface area contributed by atoms with Gasteiger partial charge in [-0.15, -0.1) is 0 Å². The number of hydrogen-bond donors (Lipinski definition) is 1. The molecule has 2 aliphatic heterocycles. The molecule has 2 nitrogen and oxygen atoms in total. The highest BCUT2D eigenvalue weighted by atomic mass is 32.2. The summed E-state index contributed by atoms with van der Waals surface area (Å²) in [5.41, 5.74) is 0. The first-order valence-corrected chi connectivity index (χ1v) is 6.01. The maximum atomic E-state index is 9.38. The van der Waals surface area contributed by atoms with E-state index in [0.29, 0.717) is 0 Å². The number of nitrogens with zero attached hydrogens (tertiary/aromatic N) is 1. The third-order valence-electron chi connectivity index (χ3n) is 2.90. The van der Waals surface area contributed by atoms with Gasteiger partial charge in [-0.05, 0) is 30.8 Å². The molecular weight excluding hydrogens is 170 g/mol. The fraction of sp³-hybridized carbons (Fsp3) is 1.00. The SMILES string of the molecule is O[C@@H]1CCN(C2CCSCC2)C1. The summed E-state index contributed by atoms with van der Waals surface area (Å²) in [7, 11) is 0. The maximum absolute atomic E-state index is 9.38. The molecule has 3 heteroatoms. The van der Waals surface area contributed by atoms with E-state index in [1.165, 1.54) is 24.3 Å². The molecule has 0 saturated carbocycles. The summed E-state index contributed by atoms with van der Waals surface area (Å²) in [6.45, 7) is 2.05. The van der Waals surface area contributed by atoms with E-state index in [1.807, 2.05) is 0 Å². The molecule has 12 heavy (non-hydrogen) atoms. The van der Waals surface area contributed by atoms with Gasteiger partial charge in [0, 0.05) is 19.1 Å². The zero-order chi connectivity index (χ0) is 8.39. The standard InChI is InChI=1S/C9H17NOS/c11-9-1-4-10(7-9)8-2-5-12-6-3-8/h8-9,11H,1-7H2/t9-/m1/s1. The molecule has 0 aromatic heterocycles. The molecule has 0 spiro atoms. The lowest BCUT2D eigenvalue weighted by atomic mass is 10.1. The Morgan fingerprint density at radius 2 is 1.92 bits per heavy atom. The fourth-order valence-corrected chi connectivity index (χ4v) is 3.23. The van der Waals surface area contributed by atoms with Crippen molar-refractivity contribution in [3.8, 4) is 0 Å². The van der Waals surface area contributed by atoms with Gasteiger partial charge < -0.3 is 5.11 Å². The lowest BCUT2D eigenvalue weighted by Gasteiger charge is -2.30. The highest BCUT2D eigenvalue weighted by Crippen LogP contribution is 2.24. The Hall–Kier alpha value is 0.270. The van der Waals surface area contributed by atoms with Crippen LogP contribution in [0, 0.1) is 0 Å². The van der Waals surface area contributed by atoms with Crippen molar-refractivity contribution < 1.29 is 5.11 Å². The number of aliphatic hydroxyl groups excluding tert-OH is 1. The number of hydrogen-bond acceptors (Lipinski definition) is 3. The lowest BCUT2D eigenvalue weighted by Crippen LogP contribution is -2.36. The number of likely N-dealkylation sites (tertiary alicyclic amines) is 1. The molecule has 2 heterocycles. The van der Waals surface area contributed by atoms with Gasteiger partial charge in [-0.25, -0.2) is 0 Å². The van der Waals surface area contributed by atoms with Crippen molar-refractivity contribution in [3.05, 3.63) is 0 Å². The lowest BCUT2D eigenvalue weighted by molar-refractivity contribution is 0.155. The van der Waals surface area contributed by atoms with Crippen molar-refractivity contribution in [2.75, 3.05) is 24.6 Å². The van der Waals surface area contributed by atoms with Crippen LogP contribution >= 0.6 is 11.8 Å². The minimum Gasteiger partial charge on any atom is -0.392 e. The molecule has 0 unspecified atom stereocenters. The van der Waals surface area contributed by atoms with Gasteiger partial charge >= 0.3 is 0 Å². The second kappa shape index (κ2) is 3.99. The minimum atomic E-state index is -0.0421. The summed E-state index contributed by atoms with van der Waals surface area (Å²) in [5.74, 6) is 2.63. The largest absolute Gasteiger partial charge is 0.392 e. The Balaban J connectivity index is 1.83. The Morgan fingerprint density at radius 1 is 1.17 bits per heavy atom. The first-order valence-electron chi connectivity index (χ1n) is 4.86. The molecule has 0 radical (unpaired) electrons. The summed E-state index contributed by atoms with van der Waals surface area (Å²) >= 11 is 2.07. The van der Waals surface area contributed by atoms with Gasteiger partial charge in [-0.3, -0.25) is 4.90 Å². The highest BCUT2D eigenvalue weighted by molar-refractivity contribution is 7.99. The first kappa shape index (κ1) is 8.85. The Labute approximate surface area is 78.3 Å². The van der Waals surface area contributed by atoms with Crippen molar-refractivity contribution in [1.82, 2.24) is 4.90 Å². The van der Waals surface area contributed by atoms with Gasteiger partial charge in [0.05, 0.1) is 6.10 Å². The van der Waals surface area contributed by atoms with Crippen LogP contribution in [0.3, 0.4) is 0 Å². The van der Waals surface area contributed by atoms with Crippen molar-refractivity contribution in [1.29, 1.82) is 0 Å². The van der Waals surface area contributed by atoms with Crippen LogP contribution < -0.4 is 0 Å². The second-order valence-electron chi connectivity index (χ2n) is 3.78. The van der Waals surface area contributed by atoms with Crippen LogP contribution in [0.1, 0.15) is 19.3 Å². The zero-order valence-electron chi connectivity index (χ0n) is 7.41. The number of β-amino-alcohol motifs (C(OH)–C–C–N with tert-alkyl or cyclic N) is 1. The molecule has 2 aliphatic rings. The predicted molar refractivity (Wildman–Crippen MR) is 52.5 cm³/mol. The molecule has 0 aromatic rings. The van der Waals surface area contributed by atoms with Crippen LogP contribution in [0.2, 0.25) is 0 Å². The van der Waals surface area contributed by atoms with Crippen molar-refractivity contribution in [2.24, 2.45) is 0 Å². The molecule has 0 aliphatic carbocycles. The van der Waals surface area contributed by atoms with Crippen LogP contribution in [-0.2, 0) is 0 Å². The maximum Gasteiger partial charge on any atom is 0.0679 e. The van der Waals surface area contributed by atoms with Crippen molar-refractivity contribution in [3.63, 3.8) is 0 Å². The van der Waals surface area contributed by atoms with E-state index in [0.717, 1.165) is 25.6 Å². The second-order valence-corrected chi connectivity index (χ2v) is 5.01. The Morgan fingerprint density at radius 3 is 2.50 bits per heavy atom. The summed E-state index contributed by atoms with van der Waals surface area (Å²) in [6, 6.07) is 0.781. The summed E-state index contributed by atoms with van der Waals surface area (Å²) < 4.78 is 0. The summed E-state index contributed by atoms with van der Waals surface area (Å²) in [5, 5.41) is 9.38. The van der Waals surface area contributed by atoms with E-state index in [1.54, 1.807) is 0 Å². The average molecular weight is 187 g/mol. The Kier molecular flexibility index (Phi) is 2.94. The highest BCUT2D eigenvalue weighted by Gasteiger charge is 2.27. The predicted octanol–water partition coefficient (Wildman–Crippen LogP) is 0.949. The average Bonchev–Trinajstić information content (AvgIpc) is 2.54. The van der Waals surface area contributed by atoms with E-state index in [-0.39, 0.29) is 6.10 Å². The van der Waals surface area contributed by atoms with Crippen molar-refractivity contribution in [2.45, 2.75) is 31.4 Å². The third-order valence-corrected chi connectivity index (χ3v) is 3.95. The molecule has 0 aromatic carbocycles. The van der Waals surface area contributed by atoms with Gasteiger partial charge in [-0.1, -0.05) is 0 Å². The van der Waals surface area contributed by atoms with Gasteiger partial charge in [0.1, 0.15) is 0 Å². The van der Waals surface area contributed by atoms with Crippen LogP contribution in [0.25, 0.3) is 0 Å². The topological polar surface area (TPSA) is 23.5 Å². The molecule has 2 saturated heterocycles. The Bertz CT molecular complexity index is 145. The normalized spacial score (nSPS) is 34.2. The van der Waals surface area contributed by atoms with Gasteiger partial charge in [0.2, 0.25) is 0 Å². The van der Waals surface area contributed by atoms with E-state index < -0.39 is 0 Å². The minimum absolute atomic E-state index is 0.0421. The number of rotatable bonds is 1. The molecule has 0 amide bonds. The molecule has 1 N–H and O–H groups in total. The molecule has 0 bridgehead atoms. The smallest absolute Gasteiger partial charge is 0.0679 e. The van der Waals surface area contributed by atoms with Gasteiger partial charge in [-0.2, -0.15) is 11.8 Å². The van der Waals surface area contributed by atoms with Crippen LogP contribution in [0.15, 0.2) is 0 Å². The van der Waals surface area contributed by atoms with Crippen LogP contribution in [0.4, 0.5) is 0 Å². The first-order chi connectivity index (χ1) is 5.86. The summed E-state index contributed by atoms with van der Waals surface area (Å²) in [4.78, 5) is 2.48. The van der Waals surface area contributed by atoms with Crippen molar-refractivity contribution >= 4 is 11.8 Å². The number of aliphatic hydroxyl groups is 1. The van der Waals surface area contributed by atoms with E-state index >= 15 is 0 Å². The molecule has 2 fully saturated rings. The summed E-state index contributed by atoms with van der Waals surface area (Å²) in [6.07, 6.45) is 3.61. The molecule has 2 rings (SSSR count). The van der Waals surface area contributed by atoms with Gasteiger partial charge in [0.15, 0.2) is 0 Å². The zero-order valence-corrected chi connectivity index (χ0v) is 8.22. The third kappa shape index (κ3) is 1.95. The van der Waals surface area contributed by atoms with Gasteiger partial charge in [0.25, 0.3) is 0 Å². The fourth-order valence-electron chi connectivity index (χ4n) is 2.15. The van der Waals surface area contributed by atoms with E-state index in [9.17, 15) is 5.11 Å². The number of thioether (sulfide) groups is 1. The molecular formula is C9H17NOS. The van der Waals surface area contributed by atoms with Crippen LogP contribution in [0.5, 0.6) is 0 Å². The van der Waals surface area contributed by atoms with E-state index in [4.69, 9.17) is 0 Å². The van der Waals surface area contributed by atoms with E-state index in [2.05, 4.69) is 16.7 Å².